The Morgan fingerprint density at radius 1 is 1.28 bits per heavy atom. The number of hydrogen-bond donors (Lipinski definition) is 2. The quantitative estimate of drug-likeness (QED) is 0.821. The van der Waals surface area contributed by atoms with Crippen LogP contribution in [0.1, 0.15) is 38.2 Å². The first kappa shape index (κ1) is 13.4. The molecule has 0 spiro atoms. The number of rotatable bonds is 4. The third kappa shape index (κ3) is 3.23. The summed E-state index contributed by atoms with van der Waals surface area (Å²) in [6.07, 6.45) is 4.01. The fraction of sp³-hybridized carbons (Fsp3) is 0.538. The van der Waals surface area contributed by atoms with Crippen molar-refractivity contribution in [2.45, 2.75) is 43.9 Å². The first-order chi connectivity index (χ1) is 8.40. The van der Waals surface area contributed by atoms with E-state index in [1.807, 2.05) is 6.92 Å². The molecular formula is C13H20N2O2S. The van der Waals surface area contributed by atoms with E-state index in [1.54, 1.807) is 24.3 Å². The van der Waals surface area contributed by atoms with E-state index in [0.717, 1.165) is 25.7 Å². The summed E-state index contributed by atoms with van der Waals surface area (Å²) in [5, 5.41) is 0. The molecule has 3 N–H and O–H groups in total. The van der Waals surface area contributed by atoms with Crippen molar-refractivity contribution in [1.82, 2.24) is 4.72 Å². The summed E-state index contributed by atoms with van der Waals surface area (Å²) in [6, 6.07) is 7.09. The normalized spacial score (nSPS) is 18.9. The molecule has 0 heterocycles. The Kier molecular flexibility index (Phi) is 3.64. The molecule has 100 valence electrons. The van der Waals surface area contributed by atoms with Crippen LogP contribution in [0.2, 0.25) is 0 Å². The lowest BCUT2D eigenvalue weighted by Gasteiger charge is -2.25. The Bertz CT molecular complexity index is 520. The van der Waals surface area contributed by atoms with Gasteiger partial charge in [-0.25, -0.2) is 13.1 Å². The zero-order valence-electron chi connectivity index (χ0n) is 10.6. The zero-order valence-corrected chi connectivity index (χ0v) is 11.5. The third-order valence-corrected chi connectivity index (χ3v) is 5.00. The van der Waals surface area contributed by atoms with Crippen LogP contribution in [0.5, 0.6) is 0 Å². The van der Waals surface area contributed by atoms with Gasteiger partial charge in [-0.3, -0.25) is 0 Å². The maximum atomic E-state index is 12.1. The summed E-state index contributed by atoms with van der Waals surface area (Å²) < 4.78 is 27.1. The lowest BCUT2D eigenvalue weighted by molar-refractivity contribution is 0.427. The molecule has 0 unspecified atom stereocenters. The molecule has 0 bridgehead atoms. The van der Waals surface area contributed by atoms with E-state index in [4.69, 9.17) is 5.73 Å². The first-order valence-electron chi connectivity index (χ1n) is 6.25. The molecule has 1 aliphatic rings. The highest BCUT2D eigenvalue weighted by atomic mass is 32.2. The number of benzene rings is 1. The second-order valence-corrected chi connectivity index (χ2v) is 7.05. The van der Waals surface area contributed by atoms with Crippen molar-refractivity contribution < 1.29 is 8.42 Å². The maximum Gasteiger partial charge on any atom is 0.216 e. The van der Waals surface area contributed by atoms with Crippen LogP contribution in [0.15, 0.2) is 24.3 Å². The third-order valence-electron chi connectivity index (χ3n) is 3.51. The van der Waals surface area contributed by atoms with Crippen molar-refractivity contribution in [1.29, 1.82) is 0 Å². The number of hydrogen-bond acceptors (Lipinski definition) is 3. The van der Waals surface area contributed by atoms with Crippen LogP contribution >= 0.6 is 0 Å². The van der Waals surface area contributed by atoms with Gasteiger partial charge >= 0.3 is 0 Å². The largest absolute Gasteiger partial charge is 0.398 e. The predicted molar refractivity (Wildman–Crippen MR) is 73.5 cm³/mol. The standard InChI is InChI=1S/C13H20N2O2S/c1-13(8-4-5-9-13)15-18(16,17)10-11-6-2-3-7-12(11)14/h2-3,6-7,15H,4-5,8-10,14H2,1H3. The number of nitrogen functional groups attached to an aromatic ring is 1. The van der Waals surface area contributed by atoms with Crippen LogP contribution in [-0.4, -0.2) is 14.0 Å². The van der Waals surface area contributed by atoms with Crippen molar-refractivity contribution in [3.63, 3.8) is 0 Å². The summed E-state index contributed by atoms with van der Waals surface area (Å²) in [5.74, 6) is -0.0464. The number of nitrogens with two attached hydrogens (primary N) is 1. The van der Waals surface area contributed by atoms with Gasteiger partial charge in [-0.05, 0) is 31.4 Å². The van der Waals surface area contributed by atoms with Crippen LogP contribution in [0.3, 0.4) is 0 Å². The Hall–Kier alpha value is -1.07. The van der Waals surface area contributed by atoms with Gasteiger partial charge in [0.1, 0.15) is 0 Å². The average molecular weight is 268 g/mol. The second-order valence-electron chi connectivity index (χ2n) is 5.33. The monoisotopic (exact) mass is 268 g/mol. The Labute approximate surface area is 109 Å². The molecule has 1 aromatic rings. The van der Waals surface area contributed by atoms with Gasteiger partial charge < -0.3 is 5.73 Å². The molecule has 5 heteroatoms. The fourth-order valence-corrected chi connectivity index (χ4v) is 4.24. The van der Waals surface area contributed by atoms with E-state index in [1.165, 1.54) is 0 Å². The van der Waals surface area contributed by atoms with E-state index < -0.39 is 10.0 Å². The van der Waals surface area contributed by atoms with Gasteiger partial charge in [-0.15, -0.1) is 0 Å². The molecule has 0 atom stereocenters. The number of sulfonamides is 1. The van der Waals surface area contributed by atoms with Gasteiger partial charge in [0.2, 0.25) is 10.0 Å². The van der Waals surface area contributed by atoms with Crippen LogP contribution < -0.4 is 10.5 Å². The average Bonchev–Trinajstić information content (AvgIpc) is 2.67. The smallest absolute Gasteiger partial charge is 0.216 e. The van der Waals surface area contributed by atoms with Crippen LogP contribution in [0.25, 0.3) is 0 Å². The molecule has 0 aromatic heterocycles. The molecule has 0 amide bonds. The van der Waals surface area contributed by atoms with Crippen molar-refractivity contribution in [2.75, 3.05) is 5.73 Å². The molecule has 4 nitrogen and oxygen atoms in total. The van der Waals surface area contributed by atoms with Crippen LogP contribution in [0, 0.1) is 0 Å². The minimum absolute atomic E-state index is 0.0464. The highest BCUT2D eigenvalue weighted by Gasteiger charge is 2.32. The highest BCUT2D eigenvalue weighted by molar-refractivity contribution is 7.88. The van der Waals surface area contributed by atoms with Gasteiger partial charge in [0.05, 0.1) is 5.75 Å². The predicted octanol–water partition coefficient (Wildman–Crippen LogP) is 2.02. The molecule has 0 aliphatic heterocycles. The molecule has 2 rings (SSSR count). The first-order valence-corrected chi connectivity index (χ1v) is 7.91. The molecule has 18 heavy (non-hydrogen) atoms. The zero-order chi connectivity index (χ0) is 13.2. The van der Waals surface area contributed by atoms with E-state index in [-0.39, 0.29) is 11.3 Å². The van der Waals surface area contributed by atoms with Gasteiger partial charge in [-0.2, -0.15) is 0 Å². The van der Waals surface area contributed by atoms with E-state index in [2.05, 4.69) is 4.72 Å². The van der Waals surface area contributed by atoms with Crippen LogP contribution in [-0.2, 0) is 15.8 Å². The molecule has 0 saturated heterocycles. The molecule has 1 aliphatic carbocycles. The summed E-state index contributed by atoms with van der Waals surface area (Å²) in [4.78, 5) is 0. The minimum atomic E-state index is -3.33. The van der Waals surface area contributed by atoms with E-state index in [0.29, 0.717) is 11.3 Å². The van der Waals surface area contributed by atoms with Crippen molar-refractivity contribution in [2.24, 2.45) is 0 Å². The Morgan fingerprint density at radius 3 is 2.50 bits per heavy atom. The van der Waals surface area contributed by atoms with Crippen LogP contribution in [0.4, 0.5) is 5.69 Å². The topological polar surface area (TPSA) is 72.2 Å². The fourth-order valence-electron chi connectivity index (χ4n) is 2.54. The summed E-state index contributed by atoms with van der Waals surface area (Å²) in [6.45, 7) is 1.98. The lowest BCUT2D eigenvalue weighted by atomic mass is 10.0. The van der Waals surface area contributed by atoms with Crippen molar-refractivity contribution in [3.05, 3.63) is 29.8 Å². The maximum absolute atomic E-state index is 12.1. The minimum Gasteiger partial charge on any atom is -0.398 e. The molecule has 1 saturated carbocycles. The van der Waals surface area contributed by atoms with Crippen molar-refractivity contribution >= 4 is 15.7 Å². The second kappa shape index (κ2) is 4.90. The van der Waals surface area contributed by atoms with E-state index >= 15 is 0 Å². The van der Waals surface area contributed by atoms with Gasteiger partial charge in [-0.1, -0.05) is 31.0 Å². The molecular weight excluding hydrogens is 248 g/mol. The Morgan fingerprint density at radius 2 is 1.89 bits per heavy atom. The lowest BCUT2D eigenvalue weighted by Crippen LogP contribution is -2.44. The highest BCUT2D eigenvalue weighted by Crippen LogP contribution is 2.30. The Balaban J connectivity index is 2.10. The SMILES string of the molecule is CC1(NS(=O)(=O)Cc2ccccc2N)CCCC1. The molecule has 1 fully saturated rings. The van der Waals surface area contributed by atoms with Gasteiger partial charge in [0, 0.05) is 11.2 Å². The van der Waals surface area contributed by atoms with Gasteiger partial charge in [0.15, 0.2) is 0 Å². The summed E-state index contributed by atoms with van der Waals surface area (Å²) >= 11 is 0. The number of para-hydroxylation sites is 1. The molecule has 0 radical (unpaired) electrons. The summed E-state index contributed by atoms with van der Waals surface area (Å²) in [5.41, 5.74) is 6.69. The molecule has 1 aromatic carbocycles. The summed E-state index contributed by atoms with van der Waals surface area (Å²) in [7, 11) is -3.33. The number of anilines is 1. The van der Waals surface area contributed by atoms with E-state index in [9.17, 15) is 8.42 Å². The van der Waals surface area contributed by atoms with Gasteiger partial charge in [0.25, 0.3) is 0 Å². The number of nitrogens with one attached hydrogen (secondary N) is 1. The van der Waals surface area contributed by atoms with Crippen molar-refractivity contribution in [3.8, 4) is 0 Å².